The molecule has 1 aliphatic rings. The minimum absolute atomic E-state index is 0.000164. The lowest BCUT2D eigenvalue weighted by atomic mass is 10.1. The van der Waals surface area contributed by atoms with Crippen LogP contribution >= 0.6 is 27.7 Å². The highest BCUT2D eigenvalue weighted by molar-refractivity contribution is 9.10. The summed E-state index contributed by atoms with van der Waals surface area (Å²) in [5.74, 6) is 1.60. The van der Waals surface area contributed by atoms with Gasteiger partial charge in [-0.15, -0.1) is 0 Å². The highest BCUT2D eigenvalue weighted by Crippen LogP contribution is 2.27. The van der Waals surface area contributed by atoms with E-state index in [0.717, 1.165) is 23.5 Å². The molecule has 1 N–H and O–H groups in total. The summed E-state index contributed by atoms with van der Waals surface area (Å²) in [6, 6.07) is 3.04. The predicted octanol–water partition coefficient (Wildman–Crippen LogP) is 3.59. The number of thioether (sulfide) groups is 1. The molecule has 1 aliphatic heterocycles. The number of halogens is 2. The topological polar surface area (TPSA) is 29.1 Å². The van der Waals surface area contributed by atoms with Gasteiger partial charge in [-0.2, -0.15) is 11.8 Å². The molecule has 1 atom stereocenters. The van der Waals surface area contributed by atoms with Crippen molar-refractivity contribution in [2.75, 3.05) is 16.8 Å². The summed E-state index contributed by atoms with van der Waals surface area (Å²) >= 11 is 4.91. The molecule has 1 aromatic rings. The van der Waals surface area contributed by atoms with E-state index in [9.17, 15) is 9.18 Å². The Morgan fingerprint density at radius 2 is 2.35 bits per heavy atom. The molecule has 92 valence electrons. The summed E-state index contributed by atoms with van der Waals surface area (Å²) in [6.45, 7) is 1.85. The molecule has 1 unspecified atom stereocenters. The minimum Gasteiger partial charge on any atom is -0.325 e. The van der Waals surface area contributed by atoms with Crippen LogP contribution in [0.2, 0.25) is 0 Å². The van der Waals surface area contributed by atoms with Crippen molar-refractivity contribution in [1.82, 2.24) is 0 Å². The molecule has 0 bridgehead atoms. The summed E-state index contributed by atoms with van der Waals surface area (Å²) < 4.78 is 13.8. The number of rotatable bonds is 2. The number of hydrogen-bond acceptors (Lipinski definition) is 2. The van der Waals surface area contributed by atoms with E-state index in [1.807, 2.05) is 6.92 Å². The van der Waals surface area contributed by atoms with Crippen LogP contribution < -0.4 is 5.32 Å². The number of aryl methyl sites for hydroxylation is 1. The van der Waals surface area contributed by atoms with Crippen LogP contribution in [0.25, 0.3) is 0 Å². The number of amides is 1. The molecule has 0 radical (unpaired) electrons. The van der Waals surface area contributed by atoms with E-state index in [2.05, 4.69) is 21.2 Å². The van der Waals surface area contributed by atoms with E-state index in [1.54, 1.807) is 17.8 Å². The lowest BCUT2D eigenvalue weighted by Crippen LogP contribution is -2.22. The van der Waals surface area contributed by atoms with Crippen molar-refractivity contribution in [2.24, 2.45) is 5.92 Å². The van der Waals surface area contributed by atoms with Crippen molar-refractivity contribution in [3.05, 3.63) is 28.0 Å². The number of nitrogens with one attached hydrogen (secondary N) is 1. The van der Waals surface area contributed by atoms with Crippen LogP contribution in [-0.4, -0.2) is 17.4 Å². The summed E-state index contributed by atoms with van der Waals surface area (Å²) in [5, 5.41) is 2.81. The van der Waals surface area contributed by atoms with E-state index in [4.69, 9.17) is 0 Å². The van der Waals surface area contributed by atoms with E-state index in [0.29, 0.717) is 10.2 Å². The first kappa shape index (κ1) is 12.9. The van der Waals surface area contributed by atoms with Gasteiger partial charge in [-0.3, -0.25) is 4.79 Å². The van der Waals surface area contributed by atoms with Gasteiger partial charge >= 0.3 is 0 Å². The molecule has 0 saturated carbocycles. The molecule has 2 rings (SSSR count). The number of carbonyl (C=O) groups excluding carboxylic acids is 1. The number of anilines is 1. The van der Waals surface area contributed by atoms with Crippen molar-refractivity contribution in [3.63, 3.8) is 0 Å². The van der Waals surface area contributed by atoms with Crippen LogP contribution in [0, 0.1) is 18.7 Å². The van der Waals surface area contributed by atoms with Gasteiger partial charge in [0.1, 0.15) is 5.82 Å². The quantitative estimate of drug-likeness (QED) is 0.903. The summed E-state index contributed by atoms with van der Waals surface area (Å²) in [7, 11) is 0. The van der Waals surface area contributed by atoms with E-state index in [-0.39, 0.29) is 17.6 Å². The maximum atomic E-state index is 13.4. The average Bonchev–Trinajstić information content (AvgIpc) is 2.79. The third-order valence-corrected chi connectivity index (χ3v) is 4.60. The minimum atomic E-state index is -0.355. The van der Waals surface area contributed by atoms with E-state index < -0.39 is 0 Å². The monoisotopic (exact) mass is 317 g/mol. The molecule has 1 fully saturated rings. The van der Waals surface area contributed by atoms with Gasteiger partial charge in [-0.25, -0.2) is 4.39 Å². The first-order chi connectivity index (χ1) is 8.08. The second-order valence-electron chi connectivity index (χ2n) is 4.13. The highest BCUT2D eigenvalue weighted by Gasteiger charge is 2.23. The zero-order valence-corrected chi connectivity index (χ0v) is 11.8. The average molecular weight is 318 g/mol. The van der Waals surface area contributed by atoms with Gasteiger partial charge in [0.2, 0.25) is 5.91 Å². The number of carbonyl (C=O) groups is 1. The third kappa shape index (κ3) is 3.01. The second-order valence-corrected chi connectivity index (χ2v) is 6.14. The number of benzene rings is 1. The van der Waals surface area contributed by atoms with Gasteiger partial charge in [-0.05, 0) is 52.7 Å². The first-order valence-corrected chi connectivity index (χ1v) is 7.37. The first-order valence-electron chi connectivity index (χ1n) is 5.42. The predicted molar refractivity (Wildman–Crippen MR) is 72.9 cm³/mol. The molecule has 0 aromatic heterocycles. The molecular weight excluding hydrogens is 305 g/mol. The molecule has 1 saturated heterocycles. The van der Waals surface area contributed by atoms with Crippen LogP contribution in [0.4, 0.5) is 10.1 Å². The Kier molecular flexibility index (Phi) is 4.09. The molecule has 0 spiro atoms. The fourth-order valence-corrected chi connectivity index (χ4v) is 3.44. The van der Waals surface area contributed by atoms with Crippen LogP contribution in [0.15, 0.2) is 16.6 Å². The van der Waals surface area contributed by atoms with Gasteiger partial charge in [-0.1, -0.05) is 0 Å². The standard InChI is InChI=1S/C12H13BrFNOS/c1-7-4-9(13)10(14)5-11(7)15-12(16)8-2-3-17-6-8/h4-5,8H,2-3,6H2,1H3,(H,15,16). The van der Waals surface area contributed by atoms with E-state index in [1.165, 1.54) is 6.07 Å². The van der Waals surface area contributed by atoms with Crippen LogP contribution in [0.3, 0.4) is 0 Å². The fourth-order valence-electron chi connectivity index (χ4n) is 1.76. The van der Waals surface area contributed by atoms with Crippen molar-refractivity contribution < 1.29 is 9.18 Å². The van der Waals surface area contributed by atoms with Gasteiger partial charge in [0.25, 0.3) is 0 Å². The molecule has 2 nitrogen and oxygen atoms in total. The maximum Gasteiger partial charge on any atom is 0.228 e. The zero-order chi connectivity index (χ0) is 12.4. The van der Waals surface area contributed by atoms with Crippen LogP contribution in [0.5, 0.6) is 0 Å². The third-order valence-electron chi connectivity index (χ3n) is 2.83. The smallest absolute Gasteiger partial charge is 0.228 e. The van der Waals surface area contributed by atoms with E-state index >= 15 is 0 Å². The maximum absolute atomic E-state index is 13.4. The molecule has 1 heterocycles. The van der Waals surface area contributed by atoms with Crippen molar-refractivity contribution in [1.29, 1.82) is 0 Å². The SMILES string of the molecule is Cc1cc(Br)c(F)cc1NC(=O)C1CCSC1. The molecule has 1 aromatic carbocycles. The Balaban J connectivity index is 2.12. The Morgan fingerprint density at radius 3 is 3.00 bits per heavy atom. The highest BCUT2D eigenvalue weighted by atomic mass is 79.9. The zero-order valence-electron chi connectivity index (χ0n) is 9.43. The molecule has 1 amide bonds. The van der Waals surface area contributed by atoms with Crippen molar-refractivity contribution >= 4 is 39.3 Å². The lowest BCUT2D eigenvalue weighted by Gasteiger charge is -2.12. The summed E-state index contributed by atoms with van der Waals surface area (Å²) in [6.07, 6.45) is 0.911. The molecular formula is C12H13BrFNOS. The molecule has 5 heteroatoms. The summed E-state index contributed by atoms with van der Waals surface area (Å²) in [4.78, 5) is 11.9. The van der Waals surface area contributed by atoms with Gasteiger partial charge in [0.05, 0.1) is 4.47 Å². The Hall–Kier alpha value is -0.550. The Bertz CT molecular complexity index is 446. The number of hydrogen-bond donors (Lipinski definition) is 1. The lowest BCUT2D eigenvalue weighted by molar-refractivity contribution is -0.119. The Labute approximate surface area is 112 Å². The van der Waals surface area contributed by atoms with Crippen LogP contribution in [0.1, 0.15) is 12.0 Å². The van der Waals surface area contributed by atoms with Gasteiger partial charge in [0, 0.05) is 17.4 Å². The normalized spacial score (nSPS) is 19.4. The largest absolute Gasteiger partial charge is 0.325 e. The van der Waals surface area contributed by atoms with Crippen LogP contribution in [-0.2, 0) is 4.79 Å². The second kappa shape index (κ2) is 5.40. The van der Waals surface area contributed by atoms with Crippen molar-refractivity contribution in [3.8, 4) is 0 Å². The van der Waals surface area contributed by atoms with Crippen molar-refractivity contribution in [2.45, 2.75) is 13.3 Å². The van der Waals surface area contributed by atoms with Gasteiger partial charge < -0.3 is 5.32 Å². The van der Waals surface area contributed by atoms with Gasteiger partial charge in [0.15, 0.2) is 0 Å². The Morgan fingerprint density at radius 1 is 1.59 bits per heavy atom. The summed E-state index contributed by atoms with van der Waals surface area (Å²) in [5.41, 5.74) is 1.42. The molecule has 17 heavy (non-hydrogen) atoms. The fraction of sp³-hybridized carbons (Fsp3) is 0.417. The molecule has 0 aliphatic carbocycles.